The van der Waals surface area contributed by atoms with Crippen molar-refractivity contribution in [3.05, 3.63) is 24.3 Å². The van der Waals surface area contributed by atoms with Crippen molar-refractivity contribution in [1.29, 1.82) is 0 Å². The van der Waals surface area contributed by atoms with Crippen LogP contribution in [0.1, 0.15) is 26.2 Å². The molecule has 128 valence electrons. The average Bonchev–Trinajstić information content (AvgIpc) is 2.60. The molecule has 1 aliphatic carbocycles. The minimum absolute atomic E-state index is 0.0200. The smallest absolute Gasteiger partial charge is 0.211 e. The SMILES string of the molecule is CC1C(N=C=O)CCCC1N=C=O.O=C=Nc1cccc(N=C=O)c1. The average molecular weight is 340 g/mol. The van der Waals surface area contributed by atoms with Crippen molar-refractivity contribution in [3.8, 4) is 0 Å². The van der Waals surface area contributed by atoms with E-state index >= 15 is 0 Å². The molecule has 1 saturated carbocycles. The van der Waals surface area contributed by atoms with Gasteiger partial charge in [0.1, 0.15) is 0 Å². The zero-order valence-corrected chi connectivity index (χ0v) is 13.6. The molecule has 0 aliphatic heterocycles. The molecule has 8 nitrogen and oxygen atoms in total. The Kier molecular flexibility index (Phi) is 8.95. The zero-order chi connectivity index (χ0) is 18.5. The number of rotatable bonds is 4. The highest BCUT2D eigenvalue weighted by atomic mass is 16.1. The van der Waals surface area contributed by atoms with Crippen LogP contribution >= 0.6 is 0 Å². The fraction of sp³-hybridized carbons (Fsp3) is 0.412. The van der Waals surface area contributed by atoms with E-state index in [4.69, 9.17) is 0 Å². The van der Waals surface area contributed by atoms with Crippen molar-refractivity contribution < 1.29 is 19.2 Å². The Bertz CT molecular complexity index is 709. The van der Waals surface area contributed by atoms with Crippen LogP contribution in [0.2, 0.25) is 0 Å². The third-order valence-electron chi connectivity index (χ3n) is 3.83. The first-order valence-electron chi connectivity index (χ1n) is 7.56. The summed E-state index contributed by atoms with van der Waals surface area (Å²) < 4.78 is 0. The third kappa shape index (κ3) is 6.80. The molecule has 1 aliphatic rings. The van der Waals surface area contributed by atoms with E-state index in [0.717, 1.165) is 19.3 Å². The molecule has 1 fully saturated rings. The minimum Gasteiger partial charge on any atom is -0.211 e. The Hall–Kier alpha value is -3.26. The molecule has 0 spiro atoms. The van der Waals surface area contributed by atoms with Gasteiger partial charge in [0.15, 0.2) is 0 Å². The second-order valence-corrected chi connectivity index (χ2v) is 5.29. The maximum absolute atomic E-state index is 10.1. The quantitative estimate of drug-likeness (QED) is 0.618. The lowest BCUT2D eigenvalue weighted by Gasteiger charge is -2.29. The summed E-state index contributed by atoms with van der Waals surface area (Å²) in [6.07, 6.45) is 8.64. The Morgan fingerprint density at radius 1 is 0.840 bits per heavy atom. The zero-order valence-electron chi connectivity index (χ0n) is 13.6. The van der Waals surface area contributed by atoms with Crippen LogP contribution in [0.25, 0.3) is 0 Å². The molecular weight excluding hydrogens is 324 g/mol. The van der Waals surface area contributed by atoms with Gasteiger partial charge in [-0.3, -0.25) is 0 Å². The summed E-state index contributed by atoms with van der Waals surface area (Å²) in [6.45, 7) is 1.95. The van der Waals surface area contributed by atoms with E-state index in [1.165, 1.54) is 18.2 Å². The van der Waals surface area contributed by atoms with E-state index in [0.29, 0.717) is 11.4 Å². The largest absolute Gasteiger partial charge is 0.240 e. The van der Waals surface area contributed by atoms with Gasteiger partial charge in [0.2, 0.25) is 24.3 Å². The molecule has 2 atom stereocenters. The van der Waals surface area contributed by atoms with E-state index in [2.05, 4.69) is 20.0 Å². The monoisotopic (exact) mass is 340 g/mol. The molecule has 2 unspecified atom stereocenters. The highest BCUT2D eigenvalue weighted by Gasteiger charge is 2.29. The van der Waals surface area contributed by atoms with Crippen molar-refractivity contribution in [1.82, 2.24) is 0 Å². The first-order chi connectivity index (χ1) is 12.2. The van der Waals surface area contributed by atoms with Crippen LogP contribution in [0.15, 0.2) is 44.2 Å². The third-order valence-corrected chi connectivity index (χ3v) is 3.83. The predicted molar refractivity (Wildman–Crippen MR) is 88.8 cm³/mol. The maximum Gasteiger partial charge on any atom is 0.240 e. The van der Waals surface area contributed by atoms with Gasteiger partial charge >= 0.3 is 0 Å². The van der Waals surface area contributed by atoms with Crippen LogP contribution in [-0.2, 0) is 19.2 Å². The van der Waals surface area contributed by atoms with E-state index in [9.17, 15) is 19.2 Å². The molecule has 0 saturated heterocycles. The topological polar surface area (TPSA) is 118 Å². The predicted octanol–water partition coefficient (Wildman–Crippen LogP) is 2.84. The lowest BCUT2D eigenvalue weighted by molar-refractivity contribution is 0.289. The normalized spacial score (nSPS) is 20.9. The summed E-state index contributed by atoms with van der Waals surface area (Å²) in [7, 11) is 0. The molecule has 8 heteroatoms. The Labute approximate surface area is 144 Å². The summed E-state index contributed by atoms with van der Waals surface area (Å²) in [5.41, 5.74) is 0.836. The van der Waals surface area contributed by atoms with Gasteiger partial charge in [-0.05, 0) is 37.5 Å². The van der Waals surface area contributed by atoms with Gasteiger partial charge in [-0.15, -0.1) is 0 Å². The second-order valence-electron chi connectivity index (χ2n) is 5.29. The van der Waals surface area contributed by atoms with Gasteiger partial charge in [0.25, 0.3) is 0 Å². The van der Waals surface area contributed by atoms with Crippen LogP contribution in [0.4, 0.5) is 11.4 Å². The number of carbonyl (C=O) groups excluding carboxylic acids is 4. The van der Waals surface area contributed by atoms with Crippen molar-refractivity contribution in [2.45, 2.75) is 38.3 Å². The number of nitrogens with zero attached hydrogens (tertiary/aromatic N) is 4. The van der Waals surface area contributed by atoms with Crippen molar-refractivity contribution in [2.75, 3.05) is 0 Å². The fourth-order valence-corrected chi connectivity index (χ4v) is 2.56. The summed E-state index contributed by atoms with van der Waals surface area (Å²) in [5.74, 6) is 0.150. The van der Waals surface area contributed by atoms with E-state index in [1.807, 2.05) is 6.92 Å². The molecule has 0 bridgehead atoms. The molecule has 0 radical (unpaired) electrons. The van der Waals surface area contributed by atoms with Crippen molar-refractivity contribution >= 4 is 35.7 Å². The van der Waals surface area contributed by atoms with Crippen molar-refractivity contribution in [3.63, 3.8) is 0 Å². The van der Waals surface area contributed by atoms with Gasteiger partial charge < -0.3 is 0 Å². The van der Waals surface area contributed by atoms with Crippen LogP contribution < -0.4 is 0 Å². The summed E-state index contributed by atoms with van der Waals surface area (Å²) in [5, 5.41) is 0. The lowest BCUT2D eigenvalue weighted by Crippen LogP contribution is -2.31. The molecule has 2 rings (SSSR count). The van der Waals surface area contributed by atoms with Gasteiger partial charge in [-0.2, -0.15) is 9.98 Å². The van der Waals surface area contributed by atoms with E-state index in [1.54, 1.807) is 30.4 Å². The van der Waals surface area contributed by atoms with Crippen LogP contribution in [0.3, 0.4) is 0 Å². The second kappa shape index (κ2) is 11.3. The molecule has 0 aromatic heterocycles. The van der Waals surface area contributed by atoms with E-state index < -0.39 is 0 Å². The van der Waals surface area contributed by atoms with Crippen molar-refractivity contribution in [2.24, 2.45) is 25.9 Å². The number of hydrogen-bond donors (Lipinski definition) is 0. The van der Waals surface area contributed by atoms with Gasteiger partial charge in [-0.25, -0.2) is 29.2 Å². The molecule has 25 heavy (non-hydrogen) atoms. The number of hydrogen-bond acceptors (Lipinski definition) is 8. The van der Waals surface area contributed by atoms with Gasteiger partial charge in [-0.1, -0.05) is 13.0 Å². The Balaban J connectivity index is 0.000000251. The number of aliphatic imine (C=N–C) groups is 4. The summed E-state index contributed by atoms with van der Waals surface area (Å²) in [4.78, 5) is 54.0. The fourth-order valence-electron chi connectivity index (χ4n) is 2.56. The van der Waals surface area contributed by atoms with E-state index in [-0.39, 0.29) is 18.0 Å². The maximum atomic E-state index is 10.1. The van der Waals surface area contributed by atoms with Crippen LogP contribution in [-0.4, -0.2) is 36.4 Å². The van der Waals surface area contributed by atoms with Gasteiger partial charge in [0, 0.05) is 5.92 Å². The Morgan fingerprint density at radius 2 is 1.32 bits per heavy atom. The van der Waals surface area contributed by atoms with Crippen LogP contribution in [0.5, 0.6) is 0 Å². The molecule has 1 aromatic carbocycles. The van der Waals surface area contributed by atoms with Gasteiger partial charge in [0.05, 0.1) is 23.5 Å². The highest BCUT2D eigenvalue weighted by Crippen LogP contribution is 2.28. The molecule has 0 amide bonds. The lowest BCUT2D eigenvalue weighted by atomic mass is 9.82. The summed E-state index contributed by atoms with van der Waals surface area (Å²) >= 11 is 0. The molecule has 0 heterocycles. The molecule has 0 N–H and O–H groups in total. The number of isocyanates is 4. The first kappa shape index (κ1) is 19.8. The summed E-state index contributed by atoms with van der Waals surface area (Å²) in [6, 6.07) is 6.28. The highest BCUT2D eigenvalue weighted by molar-refractivity contribution is 5.58. The number of benzene rings is 1. The first-order valence-corrected chi connectivity index (χ1v) is 7.56. The molecule has 1 aromatic rings. The minimum atomic E-state index is -0.0200. The Morgan fingerprint density at radius 3 is 1.72 bits per heavy atom. The molecular formula is C17H16N4O4. The van der Waals surface area contributed by atoms with Crippen LogP contribution in [0, 0.1) is 5.92 Å². The standard InChI is InChI=1S/C9H12N2O2.C8H4N2O2/c1-7-8(10-5-12)3-2-4-9(7)11-6-13;11-5-9-7-2-1-3-8(4-7)10-6-12/h7-9H,2-4H2,1H3;1-4H.